The minimum absolute atomic E-state index is 0.443. The fourth-order valence-corrected chi connectivity index (χ4v) is 3.15. The van der Waals surface area contributed by atoms with Crippen molar-refractivity contribution in [2.45, 2.75) is 30.4 Å². The van der Waals surface area contributed by atoms with Crippen LogP contribution in [0.1, 0.15) is 35.8 Å². The summed E-state index contributed by atoms with van der Waals surface area (Å²) in [6, 6.07) is 8.34. The van der Waals surface area contributed by atoms with Crippen molar-refractivity contribution in [1.29, 1.82) is 0 Å². The second-order valence-electron chi connectivity index (χ2n) is 5.51. The quantitative estimate of drug-likeness (QED) is 0.802. The normalized spacial score (nSPS) is 13.1. The first kappa shape index (κ1) is 20.7. The second kappa shape index (κ2) is 7.95. The molecule has 0 radical (unpaired) electrons. The van der Waals surface area contributed by atoms with Crippen LogP contribution in [0.25, 0.3) is 0 Å². The van der Waals surface area contributed by atoms with Gasteiger partial charge in [-0.15, -0.1) is 0 Å². The molecule has 0 saturated carbocycles. The number of sulfone groups is 1. The van der Waals surface area contributed by atoms with E-state index in [0.29, 0.717) is 17.9 Å². The van der Waals surface area contributed by atoms with Gasteiger partial charge >= 0.3 is 5.51 Å². The number of alkyl halides is 3. The van der Waals surface area contributed by atoms with E-state index < -0.39 is 37.9 Å². The summed E-state index contributed by atoms with van der Waals surface area (Å²) in [6.07, 6.45) is 0.879. The summed E-state index contributed by atoms with van der Waals surface area (Å²) in [5.41, 5.74) is -5.60. The van der Waals surface area contributed by atoms with Crippen molar-refractivity contribution in [1.82, 2.24) is 10.3 Å². The third-order valence-corrected chi connectivity index (χ3v) is 5.04. The molecule has 1 N–H and O–H groups in total. The molecule has 10 heteroatoms. The Morgan fingerprint density at radius 1 is 1.26 bits per heavy atom. The second-order valence-corrected chi connectivity index (χ2v) is 7.36. The number of ether oxygens (including phenoxy) is 1. The van der Waals surface area contributed by atoms with Crippen LogP contribution in [0.5, 0.6) is 5.75 Å². The molecular formula is C17H17F3N2O4S. The number of hydrogen-bond donors (Lipinski definition) is 1. The third kappa shape index (κ3) is 4.57. The summed E-state index contributed by atoms with van der Waals surface area (Å²) in [4.78, 5) is 15.7. The summed E-state index contributed by atoms with van der Waals surface area (Å²) < 4.78 is 67.2. The Balaban J connectivity index is 2.31. The number of rotatable bonds is 6. The van der Waals surface area contributed by atoms with Crippen molar-refractivity contribution in [3.63, 3.8) is 0 Å². The molecule has 0 saturated heterocycles. The molecule has 1 aromatic heterocycles. The van der Waals surface area contributed by atoms with Crippen LogP contribution >= 0.6 is 0 Å². The summed E-state index contributed by atoms with van der Waals surface area (Å²) in [5.74, 6) is -0.418. The molecule has 0 aliphatic heterocycles. The molecule has 1 aromatic carbocycles. The van der Waals surface area contributed by atoms with Crippen molar-refractivity contribution in [2.24, 2.45) is 0 Å². The maximum atomic E-state index is 12.8. The first-order valence-corrected chi connectivity index (χ1v) is 9.36. The van der Waals surface area contributed by atoms with E-state index in [2.05, 4.69) is 10.3 Å². The molecule has 0 spiro atoms. The molecule has 1 atom stereocenters. The zero-order chi connectivity index (χ0) is 20.2. The van der Waals surface area contributed by atoms with E-state index in [0.717, 1.165) is 12.3 Å². The van der Waals surface area contributed by atoms with Gasteiger partial charge in [-0.05, 0) is 43.7 Å². The minimum Gasteiger partial charge on any atom is -0.494 e. The highest BCUT2D eigenvalue weighted by Gasteiger charge is 2.49. The van der Waals surface area contributed by atoms with Crippen LogP contribution in [0.4, 0.5) is 13.2 Å². The lowest BCUT2D eigenvalue weighted by Gasteiger charge is -2.17. The standard InChI is InChI=1S/C17H17F3N2O4S/c1-3-26-13-7-4-6-12(10-13)11(2)22-15(23)14-8-5-9-21-16(14)27(24,25)17(18,19)20/h4-11H,3H2,1-2H3,(H,22,23). The molecule has 27 heavy (non-hydrogen) atoms. The van der Waals surface area contributed by atoms with Gasteiger partial charge in [-0.25, -0.2) is 13.4 Å². The summed E-state index contributed by atoms with van der Waals surface area (Å²) in [5, 5.41) is 1.15. The number of nitrogens with one attached hydrogen (secondary N) is 1. The number of aromatic nitrogens is 1. The van der Waals surface area contributed by atoms with Crippen molar-refractivity contribution in [2.75, 3.05) is 6.61 Å². The van der Waals surface area contributed by atoms with Gasteiger partial charge in [0.15, 0.2) is 5.03 Å². The van der Waals surface area contributed by atoms with Gasteiger partial charge in [0, 0.05) is 6.20 Å². The molecule has 0 fully saturated rings. The Hall–Kier alpha value is -2.62. The van der Waals surface area contributed by atoms with Crippen LogP contribution in [0.15, 0.2) is 47.6 Å². The van der Waals surface area contributed by atoms with E-state index in [1.807, 2.05) is 6.92 Å². The Morgan fingerprint density at radius 3 is 2.59 bits per heavy atom. The Morgan fingerprint density at radius 2 is 1.96 bits per heavy atom. The average Bonchev–Trinajstić information content (AvgIpc) is 2.61. The van der Waals surface area contributed by atoms with Crippen LogP contribution in [-0.2, 0) is 9.84 Å². The van der Waals surface area contributed by atoms with Crippen LogP contribution in [0.3, 0.4) is 0 Å². The molecule has 2 aromatic rings. The molecule has 1 amide bonds. The topological polar surface area (TPSA) is 85.4 Å². The molecule has 0 aliphatic rings. The fourth-order valence-electron chi connectivity index (χ4n) is 2.29. The minimum atomic E-state index is -5.76. The highest BCUT2D eigenvalue weighted by atomic mass is 32.2. The Kier molecular flexibility index (Phi) is 6.09. The summed E-state index contributed by atoms with van der Waals surface area (Å²) >= 11 is 0. The molecule has 0 bridgehead atoms. The molecule has 146 valence electrons. The van der Waals surface area contributed by atoms with Crippen LogP contribution in [-0.4, -0.2) is 31.4 Å². The number of carbonyl (C=O) groups is 1. The van der Waals surface area contributed by atoms with E-state index in [-0.39, 0.29) is 0 Å². The molecule has 2 rings (SSSR count). The van der Waals surface area contributed by atoms with Crippen LogP contribution < -0.4 is 10.1 Å². The van der Waals surface area contributed by atoms with Gasteiger partial charge in [0.05, 0.1) is 18.2 Å². The van der Waals surface area contributed by atoms with E-state index in [9.17, 15) is 26.4 Å². The largest absolute Gasteiger partial charge is 0.503 e. The number of amides is 1. The Labute approximate surface area is 154 Å². The summed E-state index contributed by atoms with van der Waals surface area (Å²) in [7, 11) is -5.76. The van der Waals surface area contributed by atoms with Gasteiger partial charge in [-0.3, -0.25) is 4.79 Å². The Bertz CT molecular complexity index is 930. The molecule has 1 heterocycles. The molecular weight excluding hydrogens is 385 g/mol. The van der Waals surface area contributed by atoms with Gasteiger partial charge in [0.1, 0.15) is 5.75 Å². The first-order chi connectivity index (χ1) is 12.6. The number of hydrogen-bond acceptors (Lipinski definition) is 5. The number of carbonyl (C=O) groups excluding carboxylic acids is 1. The number of nitrogens with zero attached hydrogens (tertiary/aromatic N) is 1. The molecule has 0 aliphatic carbocycles. The maximum absolute atomic E-state index is 12.8. The highest BCUT2D eigenvalue weighted by molar-refractivity contribution is 7.92. The van der Waals surface area contributed by atoms with Gasteiger partial charge in [-0.2, -0.15) is 13.2 Å². The number of halogens is 3. The van der Waals surface area contributed by atoms with Crippen molar-refractivity contribution >= 4 is 15.7 Å². The lowest BCUT2D eigenvalue weighted by atomic mass is 10.1. The lowest BCUT2D eigenvalue weighted by molar-refractivity contribution is -0.0438. The number of benzene rings is 1. The third-order valence-electron chi connectivity index (χ3n) is 3.59. The van der Waals surface area contributed by atoms with Crippen molar-refractivity contribution < 1.29 is 31.1 Å². The van der Waals surface area contributed by atoms with Crippen LogP contribution in [0.2, 0.25) is 0 Å². The monoisotopic (exact) mass is 402 g/mol. The van der Waals surface area contributed by atoms with E-state index in [1.165, 1.54) is 6.07 Å². The number of pyridine rings is 1. The van der Waals surface area contributed by atoms with E-state index in [4.69, 9.17) is 4.74 Å². The highest BCUT2D eigenvalue weighted by Crippen LogP contribution is 2.31. The van der Waals surface area contributed by atoms with Gasteiger partial charge in [0.25, 0.3) is 15.7 Å². The lowest BCUT2D eigenvalue weighted by Crippen LogP contribution is -2.31. The van der Waals surface area contributed by atoms with E-state index in [1.54, 1.807) is 31.2 Å². The van der Waals surface area contributed by atoms with Gasteiger partial charge in [0.2, 0.25) is 0 Å². The van der Waals surface area contributed by atoms with Crippen molar-refractivity contribution in [3.05, 3.63) is 53.7 Å². The zero-order valence-electron chi connectivity index (χ0n) is 14.4. The predicted octanol–water partition coefficient (Wildman–Crippen LogP) is 3.26. The van der Waals surface area contributed by atoms with Crippen LogP contribution in [0, 0.1) is 0 Å². The SMILES string of the molecule is CCOc1cccc(C(C)NC(=O)c2cccnc2S(=O)(=O)C(F)(F)F)c1. The summed E-state index contributed by atoms with van der Waals surface area (Å²) in [6.45, 7) is 3.86. The smallest absolute Gasteiger partial charge is 0.494 e. The van der Waals surface area contributed by atoms with Gasteiger partial charge in [-0.1, -0.05) is 12.1 Å². The van der Waals surface area contributed by atoms with E-state index >= 15 is 0 Å². The fraction of sp³-hybridized carbons (Fsp3) is 0.294. The van der Waals surface area contributed by atoms with Gasteiger partial charge < -0.3 is 10.1 Å². The first-order valence-electron chi connectivity index (χ1n) is 7.88. The average molecular weight is 402 g/mol. The zero-order valence-corrected chi connectivity index (χ0v) is 15.3. The molecule has 6 nitrogen and oxygen atoms in total. The maximum Gasteiger partial charge on any atom is 0.503 e. The van der Waals surface area contributed by atoms with Crippen molar-refractivity contribution in [3.8, 4) is 5.75 Å². The predicted molar refractivity (Wildman–Crippen MR) is 91.0 cm³/mol. The molecule has 1 unspecified atom stereocenters.